The molecule has 6 heteroatoms. The van der Waals surface area contributed by atoms with Gasteiger partial charge in [-0.3, -0.25) is 4.21 Å². The zero-order valence-corrected chi connectivity index (χ0v) is 12.0. The Morgan fingerprint density at radius 1 is 1.39 bits per heavy atom. The largest absolute Gasteiger partial charge is 0.259 e. The van der Waals surface area contributed by atoms with Crippen molar-refractivity contribution in [2.24, 2.45) is 0 Å². The van der Waals surface area contributed by atoms with Crippen LogP contribution in [0.15, 0.2) is 18.2 Å². The van der Waals surface area contributed by atoms with E-state index in [-0.39, 0.29) is 11.5 Å². The van der Waals surface area contributed by atoms with E-state index in [0.29, 0.717) is 11.3 Å². The highest BCUT2D eigenvalue weighted by Crippen LogP contribution is 2.13. The van der Waals surface area contributed by atoms with Crippen molar-refractivity contribution >= 4 is 20.6 Å². The highest BCUT2D eigenvalue weighted by atomic mass is 32.2. The Labute approximate surface area is 110 Å². The molecule has 0 saturated carbocycles. The van der Waals surface area contributed by atoms with Crippen LogP contribution in [-0.4, -0.2) is 30.4 Å². The van der Waals surface area contributed by atoms with Crippen molar-refractivity contribution in [3.05, 3.63) is 34.9 Å². The Morgan fingerprint density at radius 3 is 2.56 bits per heavy atom. The minimum Gasteiger partial charge on any atom is -0.259 e. The normalized spacial score (nSPS) is 12.9. The van der Waals surface area contributed by atoms with E-state index < -0.39 is 20.6 Å². The Bertz CT molecular complexity index is 600. The molecule has 98 valence electrons. The maximum Gasteiger partial charge on any atom is 0.148 e. The number of benzene rings is 1. The summed E-state index contributed by atoms with van der Waals surface area (Å²) in [6.45, 7) is 1.85. The highest BCUT2D eigenvalue weighted by molar-refractivity contribution is 7.92. The lowest BCUT2D eigenvalue weighted by Crippen LogP contribution is -2.13. The average molecular weight is 285 g/mol. The predicted octanol–water partition coefficient (Wildman–Crippen LogP) is 1.16. The first-order valence-corrected chi connectivity index (χ1v) is 8.89. The van der Waals surface area contributed by atoms with Gasteiger partial charge in [0.2, 0.25) is 0 Å². The number of sulfone groups is 1. The molecule has 0 fully saturated rings. The third kappa shape index (κ3) is 4.98. The van der Waals surface area contributed by atoms with E-state index in [1.165, 1.54) is 0 Å². The summed E-state index contributed by atoms with van der Waals surface area (Å²) in [6.07, 6.45) is 1.14. The van der Waals surface area contributed by atoms with Crippen LogP contribution in [0, 0.1) is 18.3 Å². The van der Waals surface area contributed by atoms with E-state index in [0.717, 1.165) is 17.4 Å². The van der Waals surface area contributed by atoms with Gasteiger partial charge in [0.05, 0.1) is 17.4 Å². The summed E-state index contributed by atoms with van der Waals surface area (Å²) in [5, 5.41) is 8.73. The molecule has 0 spiro atoms. The molecular formula is C12H15NO3S2. The van der Waals surface area contributed by atoms with Crippen LogP contribution in [0.5, 0.6) is 0 Å². The zero-order chi connectivity index (χ0) is 13.8. The van der Waals surface area contributed by atoms with Crippen LogP contribution in [0.25, 0.3) is 0 Å². The molecule has 1 aromatic rings. The molecular weight excluding hydrogens is 270 g/mol. The van der Waals surface area contributed by atoms with Gasteiger partial charge in [0.15, 0.2) is 0 Å². The van der Waals surface area contributed by atoms with E-state index in [9.17, 15) is 12.6 Å². The van der Waals surface area contributed by atoms with Crippen LogP contribution in [0.2, 0.25) is 0 Å². The third-order valence-corrected chi connectivity index (χ3v) is 4.97. The molecule has 4 nitrogen and oxygen atoms in total. The Hall–Kier alpha value is -1.19. The fourth-order valence-corrected chi connectivity index (χ4v) is 4.19. The molecule has 1 rings (SSSR count). The van der Waals surface area contributed by atoms with Gasteiger partial charge in [-0.15, -0.1) is 0 Å². The quantitative estimate of drug-likeness (QED) is 0.813. The minimum atomic E-state index is -3.07. The molecule has 1 aromatic carbocycles. The summed E-state index contributed by atoms with van der Waals surface area (Å²) in [5.74, 6) is 0.417. The maximum absolute atomic E-state index is 11.7. The summed E-state index contributed by atoms with van der Waals surface area (Å²) < 4.78 is 33.7. The van der Waals surface area contributed by atoms with Crippen molar-refractivity contribution < 1.29 is 12.6 Å². The van der Waals surface area contributed by atoms with Gasteiger partial charge >= 0.3 is 0 Å². The lowest BCUT2D eigenvalue weighted by Gasteiger charge is -2.06. The smallest absolute Gasteiger partial charge is 0.148 e. The number of aryl methyl sites for hydroxylation is 1. The van der Waals surface area contributed by atoms with Gasteiger partial charge in [-0.05, 0) is 30.2 Å². The number of hydrogen-bond donors (Lipinski definition) is 0. The first kappa shape index (κ1) is 14.9. The van der Waals surface area contributed by atoms with Gasteiger partial charge in [-0.1, -0.05) is 6.07 Å². The van der Waals surface area contributed by atoms with Crippen molar-refractivity contribution in [3.8, 4) is 6.07 Å². The second-order valence-corrected chi connectivity index (χ2v) is 8.01. The molecule has 0 aliphatic rings. The first-order chi connectivity index (χ1) is 8.31. The van der Waals surface area contributed by atoms with Gasteiger partial charge < -0.3 is 0 Å². The minimum absolute atomic E-state index is 0.0606. The number of nitrogens with zero attached hydrogens (tertiary/aromatic N) is 1. The zero-order valence-electron chi connectivity index (χ0n) is 10.3. The molecule has 0 radical (unpaired) electrons. The molecule has 0 N–H and O–H groups in total. The van der Waals surface area contributed by atoms with Gasteiger partial charge in [-0.2, -0.15) is 5.26 Å². The molecule has 1 atom stereocenters. The second kappa shape index (κ2) is 6.12. The van der Waals surface area contributed by atoms with E-state index in [1.807, 2.05) is 13.0 Å². The Balaban J connectivity index is 2.68. The summed E-state index contributed by atoms with van der Waals surface area (Å²) >= 11 is 0. The average Bonchev–Trinajstić information content (AvgIpc) is 2.28. The molecule has 18 heavy (non-hydrogen) atoms. The molecule has 0 aromatic heterocycles. The topological polar surface area (TPSA) is 75.0 Å². The van der Waals surface area contributed by atoms with Gasteiger partial charge in [0.1, 0.15) is 9.84 Å². The van der Waals surface area contributed by atoms with Crippen molar-refractivity contribution in [1.29, 1.82) is 5.26 Å². The fourth-order valence-electron chi connectivity index (χ4n) is 1.42. The SMILES string of the molecule is Cc1cc(C#N)ccc1CS(=O)CCS(C)(=O)=O. The van der Waals surface area contributed by atoms with E-state index in [1.54, 1.807) is 18.2 Å². The monoisotopic (exact) mass is 285 g/mol. The van der Waals surface area contributed by atoms with Gasteiger partial charge in [0.25, 0.3) is 0 Å². The number of hydrogen-bond acceptors (Lipinski definition) is 4. The highest BCUT2D eigenvalue weighted by Gasteiger charge is 2.09. The molecule has 1 unspecified atom stereocenters. The van der Waals surface area contributed by atoms with Crippen molar-refractivity contribution in [2.75, 3.05) is 17.8 Å². The summed E-state index contributed by atoms with van der Waals surface area (Å²) in [4.78, 5) is 0. The van der Waals surface area contributed by atoms with Crippen LogP contribution in [0.1, 0.15) is 16.7 Å². The van der Waals surface area contributed by atoms with Crippen LogP contribution in [0.3, 0.4) is 0 Å². The molecule has 0 heterocycles. The summed E-state index contributed by atoms with van der Waals surface area (Å²) in [6, 6.07) is 7.22. The van der Waals surface area contributed by atoms with Crippen LogP contribution < -0.4 is 0 Å². The maximum atomic E-state index is 11.7. The van der Waals surface area contributed by atoms with Crippen LogP contribution in [-0.2, 0) is 26.4 Å². The molecule has 0 saturated heterocycles. The van der Waals surface area contributed by atoms with Gasteiger partial charge in [-0.25, -0.2) is 8.42 Å². The first-order valence-electron chi connectivity index (χ1n) is 5.34. The van der Waals surface area contributed by atoms with Gasteiger partial charge in [0, 0.05) is 28.6 Å². The van der Waals surface area contributed by atoms with Crippen molar-refractivity contribution in [2.45, 2.75) is 12.7 Å². The van der Waals surface area contributed by atoms with E-state index in [2.05, 4.69) is 0 Å². The summed E-state index contributed by atoms with van der Waals surface area (Å²) in [7, 11) is -4.27. The third-order valence-electron chi connectivity index (χ3n) is 2.47. The summed E-state index contributed by atoms with van der Waals surface area (Å²) in [5.41, 5.74) is 2.36. The number of nitriles is 1. The Morgan fingerprint density at radius 2 is 2.06 bits per heavy atom. The van der Waals surface area contributed by atoms with Crippen molar-refractivity contribution in [1.82, 2.24) is 0 Å². The van der Waals surface area contributed by atoms with Crippen LogP contribution >= 0.6 is 0 Å². The lowest BCUT2D eigenvalue weighted by molar-refractivity contribution is 0.602. The fraction of sp³-hybridized carbons (Fsp3) is 0.417. The molecule has 0 aliphatic heterocycles. The molecule has 0 amide bonds. The lowest BCUT2D eigenvalue weighted by atomic mass is 10.1. The van der Waals surface area contributed by atoms with Crippen LogP contribution in [0.4, 0.5) is 0 Å². The number of rotatable bonds is 5. The van der Waals surface area contributed by atoms with E-state index in [4.69, 9.17) is 5.26 Å². The predicted molar refractivity (Wildman–Crippen MR) is 72.3 cm³/mol. The van der Waals surface area contributed by atoms with Crippen molar-refractivity contribution in [3.63, 3.8) is 0 Å². The Kier molecular flexibility index (Phi) is 5.05. The van der Waals surface area contributed by atoms with E-state index >= 15 is 0 Å². The second-order valence-electron chi connectivity index (χ2n) is 4.17. The standard InChI is InChI=1S/C12H15NO3S2/c1-10-7-11(8-13)3-4-12(10)9-17(14)5-6-18(2,15)16/h3-4,7H,5-6,9H2,1-2H3. The molecule has 0 bridgehead atoms. The molecule has 0 aliphatic carbocycles.